The second-order valence-corrected chi connectivity index (χ2v) is 7.32. The predicted molar refractivity (Wildman–Crippen MR) is 93.4 cm³/mol. The lowest BCUT2D eigenvalue weighted by Gasteiger charge is -2.45. The van der Waals surface area contributed by atoms with Crippen LogP contribution in [0.1, 0.15) is 30.6 Å². The van der Waals surface area contributed by atoms with Crippen LogP contribution in [0.4, 0.5) is 0 Å². The number of carbonyl (C=O) groups excluding carboxylic acids is 3. The van der Waals surface area contributed by atoms with Gasteiger partial charge in [0.2, 0.25) is 0 Å². The van der Waals surface area contributed by atoms with E-state index in [1.807, 2.05) is 19.9 Å². The Balaban J connectivity index is 2.23. The molecule has 2 aliphatic rings. The third-order valence-corrected chi connectivity index (χ3v) is 5.58. The third kappa shape index (κ3) is 2.38. The van der Waals surface area contributed by atoms with Crippen molar-refractivity contribution in [1.82, 2.24) is 0 Å². The molecule has 1 aromatic rings. The zero-order valence-corrected chi connectivity index (χ0v) is 14.8. The fourth-order valence-corrected chi connectivity index (χ4v) is 4.43. The van der Waals surface area contributed by atoms with E-state index in [0.29, 0.717) is 11.4 Å². The van der Waals surface area contributed by atoms with E-state index in [9.17, 15) is 14.4 Å². The Kier molecular flexibility index (Phi) is 4.27. The average Bonchev–Trinajstić information content (AvgIpc) is 2.50. The minimum atomic E-state index is -1.43. The number of ketones is 3. The zero-order valence-electron chi connectivity index (χ0n) is 13.3. The summed E-state index contributed by atoms with van der Waals surface area (Å²) in [7, 11) is 0. The highest BCUT2D eigenvalue weighted by Gasteiger charge is 2.59. The molecule has 0 amide bonds. The first-order chi connectivity index (χ1) is 11.3. The van der Waals surface area contributed by atoms with Crippen molar-refractivity contribution < 1.29 is 14.4 Å². The van der Waals surface area contributed by atoms with Crippen LogP contribution in [0.2, 0.25) is 10.0 Å². The van der Waals surface area contributed by atoms with E-state index in [1.165, 1.54) is 24.3 Å². The summed E-state index contributed by atoms with van der Waals surface area (Å²) in [6.45, 7) is 3.72. The van der Waals surface area contributed by atoms with Crippen LogP contribution < -0.4 is 0 Å². The lowest BCUT2D eigenvalue weighted by atomic mass is 9.54. The second kappa shape index (κ2) is 5.98. The molecule has 0 N–H and O–H groups in total. The number of rotatable bonds is 2. The molecule has 3 rings (SSSR count). The van der Waals surface area contributed by atoms with Crippen LogP contribution in [0.25, 0.3) is 0 Å². The number of carbonyl (C=O) groups is 3. The van der Waals surface area contributed by atoms with Gasteiger partial charge in [-0.2, -0.15) is 0 Å². The molecule has 2 aliphatic carbocycles. The topological polar surface area (TPSA) is 51.2 Å². The zero-order chi connectivity index (χ0) is 17.6. The van der Waals surface area contributed by atoms with Gasteiger partial charge in [0.05, 0.1) is 5.02 Å². The molecule has 0 saturated carbocycles. The molecule has 3 nitrogen and oxygen atoms in total. The molecule has 0 bridgehead atoms. The van der Waals surface area contributed by atoms with Gasteiger partial charge in [-0.1, -0.05) is 41.8 Å². The number of halogens is 2. The molecule has 1 aromatic carbocycles. The molecule has 3 unspecified atom stereocenters. The molecule has 0 radical (unpaired) electrons. The van der Waals surface area contributed by atoms with E-state index in [1.54, 1.807) is 6.07 Å². The van der Waals surface area contributed by atoms with Crippen LogP contribution in [-0.4, -0.2) is 17.3 Å². The van der Waals surface area contributed by atoms with Gasteiger partial charge in [0.1, 0.15) is 5.41 Å². The van der Waals surface area contributed by atoms with Crippen LogP contribution in [0.3, 0.4) is 0 Å². The van der Waals surface area contributed by atoms with Crippen LogP contribution in [0, 0.1) is 17.3 Å². The summed E-state index contributed by atoms with van der Waals surface area (Å²) >= 11 is 12.1. The van der Waals surface area contributed by atoms with Crippen molar-refractivity contribution in [3.8, 4) is 0 Å². The number of fused-ring (bicyclic) bond motifs is 1. The number of allylic oxidation sites excluding steroid dienone is 4. The van der Waals surface area contributed by atoms with Gasteiger partial charge in [-0.3, -0.25) is 14.4 Å². The molecule has 0 aromatic heterocycles. The number of benzene rings is 1. The summed E-state index contributed by atoms with van der Waals surface area (Å²) < 4.78 is 0. The van der Waals surface area contributed by atoms with Gasteiger partial charge in [0.15, 0.2) is 17.3 Å². The predicted octanol–water partition coefficient (Wildman–Crippen LogP) is 4.47. The van der Waals surface area contributed by atoms with Crippen molar-refractivity contribution in [1.29, 1.82) is 0 Å². The van der Waals surface area contributed by atoms with Crippen molar-refractivity contribution in [2.75, 3.05) is 0 Å². The van der Waals surface area contributed by atoms with Gasteiger partial charge in [0, 0.05) is 16.5 Å². The summed E-state index contributed by atoms with van der Waals surface area (Å²) in [6, 6.07) is 4.56. The van der Waals surface area contributed by atoms with E-state index in [0.717, 1.165) is 5.57 Å². The second-order valence-electron chi connectivity index (χ2n) is 6.48. The van der Waals surface area contributed by atoms with Crippen LogP contribution in [0.5, 0.6) is 0 Å². The molecule has 0 aliphatic heterocycles. The summed E-state index contributed by atoms with van der Waals surface area (Å²) in [4.78, 5) is 38.7. The minimum Gasteiger partial charge on any atom is -0.294 e. The fraction of sp³-hybridized carbons (Fsp3) is 0.316. The quantitative estimate of drug-likeness (QED) is 0.443. The Morgan fingerprint density at radius 1 is 1.21 bits per heavy atom. The molecule has 3 atom stereocenters. The maximum Gasteiger partial charge on any atom is 0.179 e. The lowest BCUT2D eigenvalue weighted by molar-refractivity contribution is -0.135. The van der Waals surface area contributed by atoms with Gasteiger partial charge in [0.25, 0.3) is 0 Å². The molecule has 0 spiro atoms. The highest BCUT2D eigenvalue weighted by atomic mass is 35.5. The lowest BCUT2D eigenvalue weighted by Crippen LogP contribution is -2.55. The van der Waals surface area contributed by atoms with Crippen LogP contribution in [-0.2, 0) is 9.59 Å². The van der Waals surface area contributed by atoms with E-state index < -0.39 is 23.0 Å². The maximum atomic E-state index is 13.4. The van der Waals surface area contributed by atoms with Crippen LogP contribution in [0.15, 0.2) is 42.0 Å². The summed E-state index contributed by atoms with van der Waals surface area (Å²) in [5, 5.41) is 0.595. The van der Waals surface area contributed by atoms with Gasteiger partial charge in [-0.15, -0.1) is 0 Å². The third-order valence-electron chi connectivity index (χ3n) is 5.03. The maximum absolute atomic E-state index is 13.4. The average molecular weight is 363 g/mol. The Labute approximate surface area is 150 Å². The summed E-state index contributed by atoms with van der Waals surface area (Å²) in [6.07, 6.45) is 4.82. The van der Waals surface area contributed by atoms with E-state index >= 15 is 0 Å². The normalized spacial score (nSPS) is 29.2. The van der Waals surface area contributed by atoms with E-state index in [2.05, 4.69) is 0 Å². The fourth-order valence-electron chi connectivity index (χ4n) is 3.93. The van der Waals surface area contributed by atoms with Gasteiger partial charge < -0.3 is 0 Å². The molecular weight excluding hydrogens is 347 g/mol. The Hall–Kier alpha value is -1.71. The standard InChI is InChI=1S/C19H16Cl2O3/c1-10-7-11(2)19(14(8-10)16(22)5-6-17(19)23)18(24)13-4-3-12(20)9-15(13)21/h3-7,9,11,14H,8H2,1-2H3. The number of hydrogen-bond donors (Lipinski definition) is 0. The number of Topliss-reactive ketones (excluding diaryl/α,β-unsaturated/α-hetero) is 1. The van der Waals surface area contributed by atoms with Crippen molar-refractivity contribution >= 4 is 40.6 Å². The van der Waals surface area contributed by atoms with Crippen LogP contribution >= 0.6 is 23.2 Å². The van der Waals surface area contributed by atoms with E-state index in [4.69, 9.17) is 23.2 Å². The molecule has 124 valence electrons. The smallest absolute Gasteiger partial charge is 0.179 e. The molecule has 0 fully saturated rings. The summed E-state index contributed by atoms with van der Waals surface area (Å²) in [5.74, 6) is -2.01. The Morgan fingerprint density at radius 3 is 2.58 bits per heavy atom. The van der Waals surface area contributed by atoms with Gasteiger partial charge in [-0.05, 0) is 49.6 Å². The van der Waals surface area contributed by atoms with Crippen molar-refractivity contribution in [3.05, 3.63) is 57.6 Å². The first kappa shape index (κ1) is 17.1. The minimum absolute atomic E-state index is 0.188. The molecule has 5 heteroatoms. The largest absolute Gasteiger partial charge is 0.294 e. The first-order valence-corrected chi connectivity index (χ1v) is 8.47. The molecule has 24 heavy (non-hydrogen) atoms. The number of hydrogen-bond acceptors (Lipinski definition) is 3. The SMILES string of the molecule is CC1=CC(C)C2(C(=O)c3ccc(Cl)cc3Cl)C(=O)C=CC(=O)C2C1. The van der Waals surface area contributed by atoms with Crippen molar-refractivity contribution in [2.45, 2.75) is 20.3 Å². The monoisotopic (exact) mass is 362 g/mol. The summed E-state index contributed by atoms with van der Waals surface area (Å²) in [5.41, 5.74) is -0.195. The first-order valence-electron chi connectivity index (χ1n) is 7.72. The van der Waals surface area contributed by atoms with Crippen molar-refractivity contribution in [3.63, 3.8) is 0 Å². The molecule has 0 heterocycles. The van der Waals surface area contributed by atoms with Gasteiger partial charge >= 0.3 is 0 Å². The highest BCUT2D eigenvalue weighted by Crippen LogP contribution is 2.50. The molecular formula is C19H16Cl2O3. The van der Waals surface area contributed by atoms with Crippen molar-refractivity contribution in [2.24, 2.45) is 17.3 Å². The molecule has 0 saturated heterocycles. The Morgan fingerprint density at radius 2 is 1.92 bits per heavy atom. The van der Waals surface area contributed by atoms with E-state index in [-0.39, 0.29) is 22.2 Å². The van der Waals surface area contributed by atoms with Gasteiger partial charge in [-0.25, -0.2) is 0 Å². The highest BCUT2D eigenvalue weighted by molar-refractivity contribution is 6.38. The Bertz CT molecular complexity index is 822.